The Bertz CT molecular complexity index is 981. The number of phenols is 1. The van der Waals surface area contributed by atoms with E-state index in [0.717, 1.165) is 22.3 Å². The van der Waals surface area contributed by atoms with Crippen LogP contribution in [-0.2, 0) is 22.4 Å². The van der Waals surface area contributed by atoms with E-state index < -0.39 is 0 Å². The van der Waals surface area contributed by atoms with E-state index in [4.69, 9.17) is 23.7 Å². The van der Waals surface area contributed by atoms with Gasteiger partial charge in [-0.25, -0.2) is 0 Å². The van der Waals surface area contributed by atoms with Crippen molar-refractivity contribution in [3.63, 3.8) is 0 Å². The molecule has 5 rings (SSSR count). The number of hydrogen-bond donors (Lipinski definition) is 1. The van der Waals surface area contributed by atoms with Crippen LogP contribution in [0.25, 0.3) is 11.1 Å². The summed E-state index contributed by atoms with van der Waals surface area (Å²) >= 11 is 0. The van der Waals surface area contributed by atoms with Crippen molar-refractivity contribution in [2.45, 2.75) is 12.8 Å². The first-order chi connectivity index (χ1) is 13.6. The van der Waals surface area contributed by atoms with Crippen LogP contribution in [-0.4, -0.2) is 38.7 Å². The number of ether oxygens (including phenoxy) is 5. The third-order valence-electron chi connectivity index (χ3n) is 5.81. The first kappa shape index (κ1) is 17.0. The van der Waals surface area contributed by atoms with Crippen LogP contribution in [0.3, 0.4) is 0 Å². The minimum absolute atomic E-state index is 0.0242. The molecule has 0 bridgehead atoms. The Morgan fingerprint density at radius 3 is 2.46 bits per heavy atom. The summed E-state index contributed by atoms with van der Waals surface area (Å²) in [4.78, 5) is 12.4. The lowest BCUT2D eigenvalue weighted by molar-refractivity contribution is -0.141. The smallest absolute Gasteiger partial charge is 0.309 e. The second-order valence-corrected chi connectivity index (χ2v) is 7.26. The summed E-state index contributed by atoms with van der Waals surface area (Å²) < 4.78 is 27.6. The molecule has 28 heavy (non-hydrogen) atoms. The molecule has 2 atom stereocenters. The minimum atomic E-state index is -0.269. The molecule has 2 heterocycles. The van der Waals surface area contributed by atoms with Gasteiger partial charge in [-0.1, -0.05) is 0 Å². The van der Waals surface area contributed by atoms with E-state index in [2.05, 4.69) is 0 Å². The Morgan fingerprint density at radius 2 is 1.71 bits per heavy atom. The summed E-state index contributed by atoms with van der Waals surface area (Å²) in [5.74, 6) is 1.61. The lowest BCUT2D eigenvalue weighted by atomic mass is 9.77. The number of benzene rings is 2. The van der Waals surface area contributed by atoms with Gasteiger partial charge in [-0.3, -0.25) is 4.79 Å². The summed E-state index contributed by atoms with van der Waals surface area (Å²) in [6.07, 6.45) is 1.13. The van der Waals surface area contributed by atoms with Gasteiger partial charge in [0, 0.05) is 11.5 Å². The van der Waals surface area contributed by atoms with Gasteiger partial charge in [0.25, 0.3) is 0 Å². The Kier molecular flexibility index (Phi) is 3.79. The molecule has 2 aliphatic heterocycles. The van der Waals surface area contributed by atoms with Crippen molar-refractivity contribution in [2.75, 3.05) is 27.6 Å². The van der Waals surface area contributed by atoms with Crippen LogP contribution in [0.4, 0.5) is 0 Å². The van der Waals surface area contributed by atoms with Crippen LogP contribution in [0.15, 0.2) is 18.2 Å². The molecule has 1 aliphatic carbocycles. The van der Waals surface area contributed by atoms with Gasteiger partial charge in [-0.2, -0.15) is 0 Å². The molecule has 7 heteroatoms. The number of carbonyl (C=O) groups excluding carboxylic acids is 1. The lowest BCUT2D eigenvalue weighted by Gasteiger charge is -2.26. The molecule has 7 nitrogen and oxygen atoms in total. The molecule has 3 aliphatic rings. The number of carbonyl (C=O) groups is 1. The van der Waals surface area contributed by atoms with Gasteiger partial charge in [0.2, 0.25) is 12.5 Å². The van der Waals surface area contributed by atoms with Crippen LogP contribution < -0.4 is 18.9 Å². The van der Waals surface area contributed by atoms with Crippen molar-refractivity contribution < 1.29 is 33.6 Å². The second kappa shape index (κ2) is 6.22. The zero-order valence-corrected chi connectivity index (χ0v) is 15.6. The fraction of sp³-hybridized carbons (Fsp3) is 0.381. The summed E-state index contributed by atoms with van der Waals surface area (Å²) in [5, 5.41) is 10.5. The second-order valence-electron chi connectivity index (χ2n) is 7.26. The van der Waals surface area contributed by atoms with E-state index in [0.29, 0.717) is 36.7 Å². The van der Waals surface area contributed by atoms with Gasteiger partial charge in [0.15, 0.2) is 23.0 Å². The quantitative estimate of drug-likeness (QED) is 0.797. The monoisotopic (exact) mass is 384 g/mol. The van der Waals surface area contributed by atoms with Crippen LogP contribution in [0.5, 0.6) is 28.7 Å². The lowest BCUT2D eigenvalue weighted by Crippen LogP contribution is -2.23. The summed E-state index contributed by atoms with van der Waals surface area (Å²) in [7, 11) is 3.02. The topological polar surface area (TPSA) is 83.5 Å². The maximum absolute atomic E-state index is 12.4. The number of methoxy groups -OCH3 is 2. The van der Waals surface area contributed by atoms with Crippen LogP contribution in [0.2, 0.25) is 0 Å². The Balaban J connectivity index is 1.81. The summed E-state index contributed by atoms with van der Waals surface area (Å²) in [5.41, 5.74) is 3.55. The van der Waals surface area contributed by atoms with Crippen molar-refractivity contribution in [2.24, 2.45) is 11.8 Å². The zero-order chi connectivity index (χ0) is 19.4. The van der Waals surface area contributed by atoms with Crippen molar-refractivity contribution in [3.05, 3.63) is 29.3 Å². The molecule has 1 fully saturated rings. The molecule has 2 aromatic rings. The molecular weight excluding hydrogens is 364 g/mol. The first-order valence-corrected chi connectivity index (χ1v) is 9.17. The molecule has 0 saturated carbocycles. The van der Waals surface area contributed by atoms with Crippen molar-refractivity contribution in [1.29, 1.82) is 0 Å². The zero-order valence-electron chi connectivity index (χ0n) is 15.6. The molecule has 0 unspecified atom stereocenters. The van der Waals surface area contributed by atoms with Crippen LogP contribution in [0, 0.1) is 11.8 Å². The third kappa shape index (κ3) is 2.38. The summed E-state index contributed by atoms with van der Waals surface area (Å²) in [6.45, 7) is 0.570. The Hall–Kier alpha value is -3.09. The van der Waals surface area contributed by atoms with E-state index in [9.17, 15) is 9.90 Å². The predicted molar refractivity (Wildman–Crippen MR) is 98.1 cm³/mol. The largest absolute Gasteiger partial charge is 0.504 e. The standard InChI is InChI=1S/C21H20O7/c1-24-19-15(22)5-11-4-14-12(8-26-21(14)23)3-10-6-16-17(28-9-27-16)7-13(10)18(11)20(19)25-2/h5-7,12,14,22H,3-4,8-9H2,1-2H3/t12-,14-/m0/s1. The van der Waals surface area contributed by atoms with E-state index in [-0.39, 0.29) is 36.1 Å². The van der Waals surface area contributed by atoms with Crippen molar-refractivity contribution in [3.8, 4) is 39.9 Å². The number of phenolic OH excluding ortho intramolecular Hbond substituents is 1. The maximum atomic E-state index is 12.4. The van der Waals surface area contributed by atoms with Gasteiger partial charge in [0.05, 0.1) is 26.7 Å². The highest BCUT2D eigenvalue weighted by atomic mass is 16.7. The number of cyclic esters (lactones) is 1. The molecule has 0 radical (unpaired) electrons. The highest BCUT2D eigenvalue weighted by Gasteiger charge is 2.40. The fourth-order valence-electron chi connectivity index (χ4n) is 4.49. The van der Waals surface area contributed by atoms with E-state index in [1.54, 1.807) is 6.07 Å². The molecule has 0 amide bonds. The van der Waals surface area contributed by atoms with Gasteiger partial charge in [0.1, 0.15) is 0 Å². The number of rotatable bonds is 2. The fourth-order valence-corrected chi connectivity index (χ4v) is 4.49. The normalized spacial score (nSPS) is 21.7. The number of hydrogen-bond acceptors (Lipinski definition) is 7. The maximum Gasteiger partial charge on any atom is 0.309 e. The molecular formula is C21H20O7. The van der Waals surface area contributed by atoms with E-state index >= 15 is 0 Å². The molecule has 146 valence electrons. The number of esters is 1. The van der Waals surface area contributed by atoms with E-state index in [1.165, 1.54) is 14.2 Å². The summed E-state index contributed by atoms with van der Waals surface area (Å²) in [6, 6.07) is 5.55. The molecule has 1 N–H and O–H groups in total. The van der Waals surface area contributed by atoms with Gasteiger partial charge >= 0.3 is 5.97 Å². The average molecular weight is 384 g/mol. The predicted octanol–water partition coefficient (Wildman–Crippen LogP) is 2.69. The van der Waals surface area contributed by atoms with Crippen LogP contribution in [0.1, 0.15) is 11.1 Å². The van der Waals surface area contributed by atoms with Gasteiger partial charge in [-0.05, 0) is 47.7 Å². The number of fused-ring (bicyclic) bond motifs is 5. The Morgan fingerprint density at radius 1 is 0.964 bits per heavy atom. The molecule has 1 saturated heterocycles. The van der Waals surface area contributed by atoms with E-state index in [1.807, 2.05) is 12.1 Å². The molecule has 2 aromatic carbocycles. The average Bonchev–Trinajstić information content (AvgIpc) is 3.26. The van der Waals surface area contributed by atoms with Crippen molar-refractivity contribution >= 4 is 5.97 Å². The highest BCUT2D eigenvalue weighted by Crippen LogP contribution is 2.52. The van der Waals surface area contributed by atoms with Crippen LogP contribution >= 0.6 is 0 Å². The van der Waals surface area contributed by atoms with Gasteiger partial charge in [-0.15, -0.1) is 0 Å². The molecule has 0 spiro atoms. The third-order valence-corrected chi connectivity index (χ3v) is 5.81. The Labute approximate surface area is 161 Å². The minimum Gasteiger partial charge on any atom is -0.504 e. The first-order valence-electron chi connectivity index (χ1n) is 9.17. The van der Waals surface area contributed by atoms with Gasteiger partial charge < -0.3 is 28.8 Å². The molecule has 0 aromatic heterocycles. The SMILES string of the molecule is COc1c(O)cc2c(c1OC)-c1cc3c(cc1C[C@H]1COC(=O)[C@H]1C2)OCO3. The number of aromatic hydroxyl groups is 1. The van der Waals surface area contributed by atoms with Crippen molar-refractivity contribution in [1.82, 2.24) is 0 Å². The highest BCUT2D eigenvalue weighted by molar-refractivity contribution is 5.85.